The summed E-state index contributed by atoms with van der Waals surface area (Å²) in [5, 5.41) is 16.0. The number of rotatable bonds is 8. The Bertz CT molecular complexity index is 1230. The molecule has 0 radical (unpaired) electrons. The molecule has 184 valence electrons. The number of hydrogen-bond acceptors (Lipinski definition) is 5. The molecule has 2 aromatic carbocycles. The number of benzene rings is 2. The van der Waals surface area contributed by atoms with Crippen molar-refractivity contribution in [3.05, 3.63) is 88.1 Å². The molecule has 1 amide bonds. The van der Waals surface area contributed by atoms with Crippen LogP contribution in [0.4, 0.5) is 29.1 Å². The highest BCUT2D eigenvalue weighted by atomic mass is 19.2. The number of fused-ring (bicyclic) bond motifs is 1. The first-order chi connectivity index (χ1) is 16.7. The zero-order valence-corrected chi connectivity index (χ0v) is 18.9. The molecule has 0 fully saturated rings. The molecule has 1 unspecified atom stereocenters. The monoisotopic (exact) mass is 488 g/mol. The summed E-state index contributed by atoms with van der Waals surface area (Å²) in [7, 11) is 0. The Labute approximate surface area is 199 Å². The minimum atomic E-state index is -1.51. The van der Waals surface area contributed by atoms with Crippen LogP contribution in [0, 0.1) is 23.3 Å². The fourth-order valence-corrected chi connectivity index (χ4v) is 4.23. The molecule has 2 heterocycles. The molecular weight excluding hydrogens is 464 g/mol. The van der Waals surface area contributed by atoms with Gasteiger partial charge < -0.3 is 15.3 Å². The van der Waals surface area contributed by atoms with Crippen molar-refractivity contribution in [3.8, 4) is 0 Å². The van der Waals surface area contributed by atoms with Crippen LogP contribution in [0.1, 0.15) is 35.4 Å². The molecule has 6 nitrogen and oxygen atoms in total. The predicted octanol–water partition coefficient (Wildman–Crippen LogP) is 3.64. The Balaban J connectivity index is 1.55. The van der Waals surface area contributed by atoms with Crippen LogP contribution < -0.4 is 15.5 Å². The quantitative estimate of drug-likeness (QED) is 0.195. The number of anilines is 2. The smallest absolute Gasteiger partial charge is 0.216 e. The van der Waals surface area contributed by atoms with E-state index in [4.69, 9.17) is 0 Å². The molecule has 0 aliphatic carbocycles. The third-order valence-electron chi connectivity index (χ3n) is 5.80. The summed E-state index contributed by atoms with van der Waals surface area (Å²) in [6.45, 7) is 2.41. The number of nitrogens with zero attached hydrogens (tertiary/aromatic N) is 2. The fraction of sp³-hybridized carbons (Fsp3) is 0.280. The summed E-state index contributed by atoms with van der Waals surface area (Å²) in [6.07, 6.45) is 0.923. The van der Waals surface area contributed by atoms with Crippen LogP contribution >= 0.6 is 0 Å². The molecule has 1 atom stereocenters. The van der Waals surface area contributed by atoms with Gasteiger partial charge in [-0.25, -0.2) is 22.5 Å². The lowest BCUT2D eigenvalue weighted by Gasteiger charge is -2.21. The van der Waals surface area contributed by atoms with Crippen molar-refractivity contribution in [1.29, 1.82) is 0 Å². The average molecular weight is 488 g/mol. The SMILES string of the molecule is CC(=O)NCCNC(O)c1c(F)ccc2c1CCN2c1cc(Cc2cc(F)c(F)c(F)c2)ccn1. The summed E-state index contributed by atoms with van der Waals surface area (Å²) < 4.78 is 55.1. The molecule has 0 bridgehead atoms. The number of carbonyl (C=O) groups excluding carboxylic acids is 1. The standard InChI is InChI=1S/C25H24F4N4O2/c1-14(34)30-7-8-32-25(35)23-17-5-9-33(21(17)3-2-18(23)26)22-13-15(4-6-31-22)10-16-11-19(27)24(29)20(28)12-16/h2-4,6,11-13,25,32,35H,5,7-10H2,1H3,(H,30,34). The van der Waals surface area contributed by atoms with E-state index in [2.05, 4.69) is 15.6 Å². The summed E-state index contributed by atoms with van der Waals surface area (Å²) in [5.74, 6) is -4.20. The van der Waals surface area contributed by atoms with Crippen molar-refractivity contribution in [2.45, 2.75) is 26.0 Å². The minimum absolute atomic E-state index is 0.140. The van der Waals surface area contributed by atoms with Gasteiger partial charge in [0.2, 0.25) is 5.91 Å². The summed E-state index contributed by atoms with van der Waals surface area (Å²) in [4.78, 5) is 17.2. The zero-order valence-electron chi connectivity index (χ0n) is 18.9. The number of aromatic nitrogens is 1. The molecular formula is C25H24F4N4O2. The van der Waals surface area contributed by atoms with Crippen molar-refractivity contribution < 1.29 is 27.5 Å². The lowest BCUT2D eigenvalue weighted by molar-refractivity contribution is -0.118. The first kappa shape index (κ1) is 24.6. The fourth-order valence-electron chi connectivity index (χ4n) is 4.23. The Hall–Kier alpha value is -3.50. The van der Waals surface area contributed by atoms with Crippen LogP contribution in [0.5, 0.6) is 0 Å². The van der Waals surface area contributed by atoms with E-state index in [1.165, 1.54) is 13.0 Å². The number of amides is 1. The first-order valence-electron chi connectivity index (χ1n) is 11.1. The van der Waals surface area contributed by atoms with Gasteiger partial charge in [0.05, 0.1) is 0 Å². The van der Waals surface area contributed by atoms with Crippen molar-refractivity contribution in [3.63, 3.8) is 0 Å². The molecule has 0 saturated carbocycles. The van der Waals surface area contributed by atoms with E-state index >= 15 is 0 Å². The summed E-state index contributed by atoms with van der Waals surface area (Å²) in [5.41, 5.74) is 2.45. The van der Waals surface area contributed by atoms with E-state index in [9.17, 15) is 27.5 Å². The maximum absolute atomic E-state index is 14.7. The van der Waals surface area contributed by atoms with Gasteiger partial charge >= 0.3 is 0 Å². The number of nitrogens with one attached hydrogen (secondary N) is 2. The maximum Gasteiger partial charge on any atom is 0.216 e. The van der Waals surface area contributed by atoms with Crippen LogP contribution in [0.3, 0.4) is 0 Å². The van der Waals surface area contributed by atoms with Gasteiger partial charge in [0.15, 0.2) is 17.5 Å². The molecule has 10 heteroatoms. The Morgan fingerprint density at radius 1 is 1.06 bits per heavy atom. The van der Waals surface area contributed by atoms with Crippen molar-refractivity contribution in [2.24, 2.45) is 0 Å². The van der Waals surface area contributed by atoms with Gasteiger partial charge in [-0.05, 0) is 65.9 Å². The average Bonchev–Trinajstić information content (AvgIpc) is 3.24. The van der Waals surface area contributed by atoms with Crippen LogP contribution in [0.15, 0.2) is 42.6 Å². The molecule has 35 heavy (non-hydrogen) atoms. The minimum Gasteiger partial charge on any atom is -0.374 e. The normalized spacial score (nSPS) is 13.6. The Morgan fingerprint density at radius 3 is 2.51 bits per heavy atom. The number of halogens is 4. The third kappa shape index (κ3) is 5.44. The van der Waals surface area contributed by atoms with Gasteiger partial charge in [-0.3, -0.25) is 10.1 Å². The second-order valence-electron chi connectivity index (χ2n) is 8.27. The maximum atomic E-state index is 14.7. The van der Waals surface area contributed by atoms with Gasteiger partial charge in [0, 0.05) is 44.0 Å². The second kappa shape index (κ2) is 10.4. The van der Waals surface area contributed by atoms with E-state index in [0.29, 0.717) is 35.6 Å². The zero-order chi connectivity index (χ0) is 25.1. The summed E-state index contributed by atoms with van der Waals surface area (Å²) >= 11 is 0. The van der Waals surface area contributed by atoms with Gasteiger partial charge in [-0.1, -0.05) is 0 Å². The van der Waals surface area contributed by atoms with Crippen LogP contribution in [-0.2, 0) is 17.6 Å². The van der Waals surface area contributed by atoms with E-state index < -0.39 is 29.5 Å². The van der Waals surface area contributed by atoms with Gasteiger partial charge in [0.25, 0.3) is 0 Å². The first-order valence-corrected chi connectivity index (χ1v) is 11.1. The van der Waals surface area contributed by atoms with Crippen molar-refractivity contribution >= 4 is 17.4 Å². The molecule has 0 spiro atoms. The number of pyridine rings is 1. The lowest BCUT2D eigenvalue weighted by atomic mass is 10.0. The highest BCUT2D eigenvalue weighted by Gasteiger charge is 2.28. The topological polar surface area (TPSA) is 77.5 Å². The summed E-state index contributed by atoms with van der Waals surface area (Å²) in [6, 6.07) is 8.25. The van der Waals surface area contributed by atoms with E-state index in [-0.39, 0.29) is 36.5 Å². The Morgan fingerprint density at radius 2 is 1.80 bits per heavy atom. The second-order valence-corrected chi connectivity index (χ2v) is 8.27. The molecule has 3 N–H and O–H groups in total. The largest absolute Gasteiger partial charge is 0.374 e. The van der Waals surface area contributed by atoms with Crippen LogP contribution in [0.2, 0.25) is 0 Å². The Kier molecular flexibility index (Phi) is 7.32. The highest BCUT2D eigenvalue weighted by molar-refractivity contribution is 5.72. The molecule has 0 saturated heterocycles. The van der Waals surface area contributed by atoms with Gasteiger partial charge in [-0.2, -0.15) is 0 Å². The molecule has 4 rings (SSSR count). The number of carbonyl (C=O) groups is 1. The predicted molar refractivity (Wildman–Crippen MR) is 122 cm³/mol. The number of hydrogen-bond donors (Lipinski definition) is 3. The molecule has 1 aromatic heterocycles. The lowest BCUT2D eigenvalue weighted by Crippen LogP contribution is -2.33. The van der Waals surface area contributed by atoms with Crippen molar-refractivity contribution in [1.82, 2.24) is 15.6 Å². The van der Waals surface area contributed by atoms with E-state index in [1.807, 2.05) is 4.90 Å². The van der Waals surface area contributed by atoms with E-state index in [1.54, 1.807) is 24.4 Å². The molecule has 3 aromatic rings. The molecule has 1 aliphatic rings. The van der Waals surface area contributed by atoms with Gasteiger partial charge in [0.1, 0.15) is 17.9 Å². The third-order valence-corrected chi connectivity index (χ3v) is 5.80. The van der Waals surface area contributed by atoms with Crippen LogP contribution in [-0.4, -0.2) is 35.6 Å². The van der Waals surface area contributed by atoms with Crippen LogP contribution in [0.25, 0.3) is 0 Å². The molecule has 1 aliphatic heterocycles. The number of aliphatic hydroxyl groups is 1. The van der Waals surface area contributed by atoms with Gasteiger partial charge in [-0.15, -0.1) is 0 Å². The highest BCUT2D eigenvalue weighted by Crippen LogP contribution is 2.38. The number of aliphatic hydroxyl groups excluding tert-OH is 1. The van der Waals surface area contributed by atoms with Crippen molar-refractivity contribution in [2.75, 3.05) is 24.5 Å². The van der Waals surface area contributed by atoms with E-state index in [0.717, 1.165) is 12.1 Å².